The molecule has 0 spiro atoms. The molecule has 0 bridgehead atoms. The van der Waals surface area contributed by atoms with Crippen LogP contribution in [0.5, 0.6) is 11.6 Å². The van der Waals surface area contributed by atoms with Crippen LogP contribution in [-0.4, -0.2) is 67.2 Å². The molecule has 1 N–H and O–H groups in total. The highest BCUT2D eigenvalue weighted by atomic mass is 16.5. The number of carbonyl (C=O) groups excluding carboxylic acids is 1. The van der Waals surface area contributed by atoms with Gasteiger partial charge in [0.05, 0.1) is 18.1 Å². The molecule has 206 valence electrons. The quantitative estimate of drug-likeness (QED) is 0.327. The van der Waals surface area contributed by atoms with Gasteiger partial charge in [0.15, 0.2) is 5.82 Å². The van der Waals surface area contributed by atoms with Crippen LogP contribution in [0.2, 0.25) is 0 Å². The Labute approximate surface area is 234 Å². The second-order valence-electron chi connectivity index (χ2n) is 10.6. The Morgan fingerprint density at radius 1 is 0.850 bits per heavy atom. The molecular weight excluding hydrogens is 502 g/mol. The Morgan fingerprint density at radius 3 is 2.20 bits per heavy atom. The van der Waals surface area contributed by atoms with Crippen LogP contribution in [0.3, 0.4) is 0 Å². The lowest BCUT2D eigenvalue weighted by molar-refractivity contribution is 0.102. The Balaban J connectivity index is 1.20. The predicted molar refractivity (Wildman–Crippen MR) is 159 cm³/mol. The molecule has 3 aromatic carbocycles. The van der Waals surface area contributed by atoms with Crippen molar-refractivity contribution < 1.29 is 14.3 Å². The topological polar surface area (TPSA) is 79.8 Å². The van der Waals surface area contributed by atoms with Crippen molar-refractivity contribution in [1.82, 2.24) is 14.9 Å². The van der Waals surface area contributed by atoms with E-state index in [2.05, 4.69) is 22.2 Å². The van der Waals surface area contributed by atoms with Crippen molar-refractivity contribution in [3.63, 3.8) is 0 Å². The lowest BCUT2D eigenvalue weighted by atomic mass is 10.0. The van der Waals surface area contributed by atoms with Crippen molar-refractivity contribution in [2.45, 2.75) is 31.8 Å². The second-order valence-corrected chi connectivity index (χ2v) is 10.6. The number of benzene rings is 3. The highest BCUT2D eigenvalue weighted by Crippen LogP contribution is 2.32. The minimum Gasteiger partial charge on any atom is -0.497 e. The molecule has 0 atom stereocenters. The van der Waals surface area contributed by atoms with E-state index in [0.717, 1.165) is 85.6 Å². The summed E-state index contributed by atoms with van der Waals surface area (Å²) >= 11 is 0. The maximum absolute atomic E-state index is 13.1. The van der Waals surface area contributed by atoms with Gasteiger partial charge >= 0.3 is 0 Å². The first-order chi connectivity index (χ1) is 19.6. The summed E-state index contributed by atoms with van der Waals surface area (Å²) in [5, 5.41) is 3.03. The number of hydrogen-bond acceptors (Lipinski definition) is 7. The van der Waals surface area contributed by atoms with Crippen LogP contribution in [0.15, 0.2) is 66.7 Å². The fraction of sp³-hybridized carbons (Fsp3) is 0.344. The molecule has 2 aliphatic heterocycles. The van der Waals surface area contributed by atoms with E-state index in [4.69, 9.17) is 19.4 Å². The Kier molecular flexibility index (Phi) is 7.51. The summed E-state index contributed by atoms with van der Waals surface area (Å²) in [6.45, 7) is 3.95. The number of rotatable bonds is 7. The number of amides is 1. The summed E-state index contributed by atoms with van der Waals surface area (Å²) in [5.74, 6) is 2.07. The Morgan fingerprint density at radius 2 is 1.52 bits per heavy atom. The van der Waals surface area contributed by atoms with Gasteiger partial charge in [-0.1, -0.05) is 24.3 Å². The number of likely N-dealkylation sites (tertiary alicyclic amines) is 1. The van der Waals surface area contributed by atoms with E-state index in [1.165, 1.54) is 0 Å². The van der Waals surface area contributed by atoms with E-state index in [1.807, 2.05) is 66.7 Å². The van der Waals surface area contributed by atoms with Gasteiger partial charge in [-0.2, -0.15) is 0 Å². The molecule has 0 radical (unpaired) electrons. The first-order valence-electron chi connectivity index (χ1n) is 14.0. The van der Waals surface area contributed by atoms with E-state index in [9.17, 15) is 4.79 Å². The van der Waals surface area contributed by atoms with E-state index in [-0.39, 0.29) is 12.0 Å². The number of carbonyl (C=O) groups is 1. The predicted octanol–water partition coefficient (Wildman–Crippen LogP) is 5.63. The Hall–Kier alpha value is -4.17. The lowest BCUT2D eigenvalue weighted by Crippen LogP contribution is -2.36. The average molecular weight is 538 g/mol. The molecule has 0 saturated carbocycles. The van der Waals surface area contributed by atoms with Gasteiger partial charge in [-0.05, 0) is 86.3 Å². The normalized spacial score (nSPS) is 16.3. The molecule has 2 aliphatic rings. The molecule has 8 heteroatoms. The van der Waals surface area contributed by atoms with E-state index >= 15 is 0 Å². The summed E-state index contributed by atoms with van der Waals surface area (Å²) in [6, 6.07) is 21.1. The van der Waals surface area contributed by atoms with Gasteiger partial charge in [0.1, 0.15) is 11.9 Å². The van der Waals surface area contributed by atoms with Gasteiger partial charge in [0.2, 0.25) is 0 Å². The van der Waals surface area contributed by atoms with Crippen LogP contribution in [-0.2, 0) is 0 Å². The van der Waals surface area contributed by atoms with E-state index in [0.29, 0.717) is 17.1 Å². The van der Waals surface area contributed by atoms with E-state index < -0.39 is 0 Å². The number of aromatic nitrogens is 2. The van der Waals surface area contributed by atoms with Gasteiger partial charge in [0.25, 0.3) is 11.8 Å². The zero-order valence-electron chi connectivity index (χ0n) is 23.1. The molecule has 40 heavy (non-hydrogen) atoms. The molecule has 2 saturated heterocycles. The van der Waals surface area contributed by atoms with Gasteiger partial charge in [-0.3, -0.25) is 4.79 Å². The number of anilines is 2. The number of methoxy groups -OCH3 is 1. The zero-order chi connectivity index (χ0) is 27.5. The fourth-order valence-electron chi connectivity index (χ4n) is 5.38. The minimum atomic E-state index is -0.171. The highest BCUT2D eigenvalue weighted by Gasteiger charge is 2.25. The minimum absolute atomic E-state index is 0.152. The molecule has 6 rings (SSSR count). The third kappa shape index (κ3) is 5.72. The standard InChI is InChI=1S/C32H35N5O3/c1-36-19-15-27(16-20-36)40-32-30(37-17-3-4-18-37)34-29-21-25(11-14-28(29)35-32)33-31(38)24-7-5-22(6-8-24)23-9-12-26(39-2)13-10-23/h5-14,21,27H,3-4,15-20H2,1-2H3,(H,33,38). The van der Waals surface area contributed by atoms with Crippen LogP contribution in [0.1, 0.15) is 36.0 Å². The molecule has 8 nitrogen and oxygen atoms in total. The monoisotopic (exact) mass is 537 g/mol. The summed E-state index contributed by atoms with van der Waals surface area (Å²) in [5.41, 5.74) is 4.87. The molecule has 1 aromatic heterocycles. The van der Waals surface area contributed by atoms with Gasteiger partial charge in [-0.25, -0.2) is 9.97 Å². The lowest BCUT2D eigenvalue weighted by Gasteiger charge is -2.30. The maximum atomic E-state index is 13.1. The van der Waals surface area contributed by atoms with Crippen LogP contribution >= 0.6 is 0 Å². The number of fused-ring (bicyclic) bond motifs is 1. The molecule has 3 heterocycles. The van der Waals surface area contributed by atoms with Gasteiger partial charge in [-0.15, -0.1) is 0 Å². The fourth-order valence-corrected chi connectivity index (χ4v) is 5.38. The van der Waals surface area contributed by atoms with Crippen LogP contribution in [0.4, 0.5) is 11.5 Å². The summed E-state index contributed by atoms with van der Waals surface area (Å²) in [4.78, 5) is 27.6. The molecular formula is C32H35N5O3. The molecule has 0 aliphatic carbocycles. The largest absolute Gasteiger partial charge is 0.497 e. The second kappa shape index (κ2) is 11.5. The number of nitrogens with one attached hydrogen (secondary N) is 1. The number of ether oxygens (including phenoxy) is 2. The third-order valence-electron chi connectivity index (χ3n) is 7.79. The highest BCUT2D eigenvalue weighted by molar-refractivity contribution is 6.05. The first kappa shape index (κ1) is 26.1. The molecule has 0 unspecified atom stereocenters. The smallest absolute Gasteiger partial charge is 0.258 e. The van der Waals surface area contributed by atoms with Crippen molar-refractivity contribution in [2.24, 2.45) is 0 Å². The summed E-state index contributed by atoms with van der Waals surface area (Å²) in [6.07, 6.45) is 4.41. The Bertz CT molecular complexity index is 1480. The molecule has 1 amide bonds. The molecule has 4 aromatic rings. The summed E-state index contributed by atoms with van der Waals surface area (Å²) < 4.78 is 11.7. The zero-order valence-corrected chi connectivity index (χ0v) is 23.1. The molecule has 2 fully saturated rings. The number of nitrogens with zero attached hydrogens (tertiary/aromatic N) is 4. The summed E-state index contributed by atoms with van der Waals surface area (Å²) in [7, 11) is 3.80. The SMILES string of the molecule is COc1ccc(-c2ccc(C(=O)Nc3ccc4nc(OC5CCN(C)CC5)c(N5CCCC5)nc4c3)cc2)cc1. The van der Waals surface area contributed by atoms with Crippen molar-refractivity contribution in [3.8, 4) is 22.8 Å². The van der Waals surface area contributed by atoms with Gasteiger partial charge in [0, 0.05) is 37.4 Å². The van der Waals surface area contributed by atoms with Crippen LogP contribution < -0.4 is 19.7 Å². The van der Waals surface area contributed by atoms with Crippen molar-refractivity contribution in [3.05, 3.63) is 72.3 Å². The maximum Gasteiger partial charge on any atom is 0.258 e. The van der Waals surface area contributed by atoms with Crippen molar-refractivity contribution in [2.75, 3.05) is 50.6 Å². The van der Waals surface area contributed by atoms with E-state index in [1.54, 1.807) is 7.11 Å². The van der Waals surface area contributed by atoms with Crippen molar-refractivity contribution >= 4 is 28.4 Å². The first-order valence-corrected chi connectivity index (χ1v) is 14.0. The van der Waals surface area contributed by atoms with Crippen LogP contribution in [0.25, 0.3) is 22.2 Å². The van der Waals surface area contributed by atoms with Crippen LogP contribution in [0, 0.1) is 0 Å². The van der Waals surface area contributed by atoms with Crippen molar-refractivity contribution in [1.29, 1.82) is 0 Å². The average Bonchev–Trinajstić information content (AvgIpc) is 3.53. The van der Waals surface area contributed by atoms with Gasteiger partial charge < -0.3 is 24.6 Å². The number of hydrogen-bond donors (Lipinski definition) is 1. The third-order valence-corrected chi connectivity index (χ3v) is 7.79. The number of piperidine rings is 1.